The summed E-state index contributed by atoms with van der Waals surface area (Å²) in [5, 5.41) is 0. The number of aromatic nitrogens is 1. The molecule has 0 saturated carbocycles. The minimum atomic E-state index is -0.0741. The lowest BCUT2D eigenvalue weighted by atomic mass is 10.2. The molecule has 0 atom stereocenters. The molecule has 0 spiro atoms. The van der Waals surface area contributed by atoms with Crippen molar-refractivity contribution in [3.63, 3.8) is 0 Å². The normalized spacial score (nSPS) is 9.30. The van der Waals surface area contributed by atoms with Gasteiger partial charge in [-0.2, -0.15) is 0 Å². The third kappa shape index (κ3) is 1.00. The van der Waals surface area contributed by atoms with E-state index in [1.807, 2.05) is 13.0 Å². The molecule has 0 aliphatic carbocycles. The van der Waals surface area contributed by atoms with Crippen LogP contribution in [-0.2, 0) is 0 Å². The highest BCUT2D eigenvalue weighted by Crippen LogP contribution is 1.99. The van der Waals surface area contributed by atoms with Gasteiger partial charge in [-0.05, 0) is 18.6 Å². The topological polar surface area (TPSA) is 32.9 Å². The van der Waals surface area contributed by atoms with Crippen LogP contribution in [-0.4, -0.2) is 4.98 Å². The Hall–Kier alpha value is -1.31. The molecule has 0 unspecified atom stereocenters. The molecule has 0 aliphatic heterocycles. The predicted octanol–water partition coefficient (Wildman–Crippen LogP) is 1.33. The van der Waals surface area contributed by atoms with E-state index in [9.17, 15) is 4.79 Å². The molecule has 2 nitrogen and oxygen atoms in total. The molecule has 0 aromatic carbocycles. The van der Waals surface area contributed by atoms with E-state index in [2.05, 4.69) is 11.6 Å². The van der Waals surface area contributed by atoms with Gasteiger partial charge in [0.1, 0.15) is 0 Å². The Kier molecular flexibility index (Phi) is 1.71. The minimum absolute atomic E-state index is 0.0741. The summed E-state index contributed by atoms with van der Waals surface area (Å²) in [7, 11) is 0. The van der Waals surface area contributed by atoms with Crippen LogP contribution in [0.3, 0.4) is 0 Å². The Labute approximate surface area is 59.2 Å². The summed E-state index contributed by atoms with van der Waals surface area (Å²) >= 11 is 0. The molecule has 52 valence electrons. The Morgan fingerprint density at radius 3 is 2.80 bits per heavy atom. The molecule has 0 saturated heterocycles. The van der Waals surface area contributed by atoms with Crippen LogP contribution in [0.2, 0.25) is 0 Å². The maximum absolute atomic E-state index is 10.9. The highest BCUT2D eigenvalue weighted by molar-refractivity contribution is 5.49. The Balaban J connectivity index is 3.45. The van der Waals surface area contributed by atoms with Gasteiger partial charge in [0.05, 0.1) is 0 Å². The van der Waals surface area contributed by atoms with Crippen molar-refractivity contribution in [1.29, 1.82) is 0 Å². The van der Waals surface area contributed by atoms with Crippen molar-refractivity contribution in [1.82, 2.24) is 4.98 Å². The summed E-state index contributed by atoms with van der Waals surface area (Å²) < 4.78 is 0. The van der Waals surface area contributed by atoms with Gasteiger partial charge >= 0.3 is 0 Å². The van der Waals surface area contributed by atoms with Gasteiger partial charge in [0.25, 0.3) is 5.56 Å². The van der Waals surface area contributed by atoms with E-state index in [1.165, 1.54) is 0 Å². The molecule has 2 heteroatoms. The van der Waals surface area contributed by atoms with Crippen LogP contribution in [0.4, 0.5) is 0 Å². The van der Waals surface area contributed by atoms with Crippen LogP contribution < -0.4 is 5.56 Å². The van der Waals surface area contributed by atoms with E-state index in [1.54, 1.807) is 12.3 Å². The molecule has 0 radical (unpaired) electrons. The van der Waals surface area contributed by atoms with Crippen LogP contribution in [0.15, 0.2) is 23.6 Å². The van der Waals surface area contributed by atoms with E-state index < -0.39 is 0 Å². The lowest BCUT2D eigenvalue weighted by Crippen LogP contribution is -2.09. The number of rotatable bonds is 1. The number of aromatic amines is 1. The highest BCUT2D eigenvalue weighted by atomic mass is 16.1. The lowest BCUT2D eigenvalue weighted by Gasteiger charge is -1.94. The van der Waals surface area contributed by atoms with Crippen molar-refractivity contribution in [3.05, 3.63) is 40.3 Å². The van der Waals surface area contributed by atoms with Gasteiger partial charge in [-0.3, -0.25) is 4.79 Å². The van der Waals surface area contributed by atoms with Crippen LogP contribution in [0.25, 0.3) is 6.08 Å². The first-order chi connectivity index (χ1) is 4.75. The number of H-pyrrole nitrogens is 1. The second kappa shape index (κ2) is 2.52. The summed E-state index contributed by atoms with van der Waals surface area (Å²) in [5.41, 5.74) is 1.54. The first-order valence-electron chi connectivity index (χ1n) is 3.06. The molecule has 1 N–H and O–H groups in total. The number of pyridine rings is 1. The van der Waals surface area contributed by atoms with Gasteiger partial charge in [-0.15, -0.1) is 0 Å². The van der Waals surface area contributed by atoms with E-state index >= 15 is 0 Å². The molecule has 1 heterocycles. The van der Waals surface area contributed by atoms with E-state index in [0.717, 1.165) is 5.56 Å². The summed E-state index contributed by atoms with van der Waals surface area (Å²) in [6.45, 7) is 5.41. The van der Waals surface area contributed by atoms with Crippen LogP contribution in [0, 0.1) is 6.92 Å². The number of nitrogens with one attached hydrogen (secondary N) is 1. The average Bonchev–Trinajstić information content (AvgIpc) is 1.88. The monoisotopic (exact) mass is 135 g/mol. The highest BCUT2D eigenvalue weighted by Gasteiger charge is 1.95. The molecule has 0 aliphatic rings. The molecule has 1 rings (SSSR count). The Morgan fingerprint density at radius 1 is 1.70 bits per heavy atom. The SMILES string of the molecule is C=Cc1c(C)cc[nH]c1=O. The number of aryl methyl sites for hydroxylation is 1. The second-order valence-electron chi connectivity index (χ2n) is 2.11. The minimum Gasteiger partial charge on any atom is -0.329 e. The molecule has 1 aromatic rings. The summed E-state index contributed by atoms with van der Waals surface area (Å²) in [5.74, 6) is 0. The summed E-state index contributed by atoms with van der Waals surface area (Å²) in [6.07, 6.45) is 3.19. The first-order valence-corrected chi connectivity index (χ1v) is 3.06. The van der Waals surface area contributed by atoms with Crippen molar-refractivity contribution in [2.24, 2.45) is 0 Å². The van der Waals surface area contributed by atoms with Gasteiger partial charge in [0, 0.05) is 11.8 Å². The van der Waals surface area contributed by atoms with Gasteiger partial charge in [0.2, 0.25) is 0 Å². The van der Waals surface area contributed by atoms with E-state index in [0.29, 0.717) is 5.56 Å². The number of hydrogen-bond acceptors (Lipinski definition) is 1. The zero-order chi connectivity index (χ0) is 7.56. The number of hydrogen-bond donors (Lipinski definition) is 1. The first kappa shape index (κ1) is 6.81. The van der Waals surface area contributed by atoms with Crippen LogP contribution in [0.5, 0.6) is 0 Å². The summed E-state index contributed by atoms with van der Waals surface area (Å²) in [4.78, 5) is 13.5. The van der Waals surface area contributed by atoms with E-state index in [4.69, 9.17) is 0 Å². The van der Waals surface area contributed by atoms with Crippen molar-refractivity contribution in [3.8, 4) is 0 Å². The zero-order valence-electron chi connectivity index (χ0n) is 5.85. The molecular weight excluding hydrogens is 126 g/mol. The largest absolute Gasteiger partial charge is 0.329 e. The molecule has 0 amide bonds. The van der Waals surface area contributed by atoms with Crippen molar-refractivity contribution in [2.75, 3.05) is 0 Å². The fraction of sp³-hybridized carbons (Fsp3) is 0.125. The molecular formula is C8H9NO. The van der Waals surface area contributed by atoms with Gasteiger partial charge in [0.15, 0.2) is 0 Å². The average molecular weight is 135 g/mol. The van der Waals surface area contributed by atoms with E-state index in [-0.39, 0.29) is 5.56 Å². The standard InChI is InChI=1S/C8H9NO/c1-3-7-6(2)4-5-9-8(7)10/h3-5H,1H2,2H3,(H,9,10). The quantitative estimate of drug-likeness (QED) is 0.619. The Bertz CT molecular complexity index is 298. The fourth-order valence-electron chi connectivity index (χ4n) is 0.843. The smallest absolute Gasteiger partial charge is 0.255 e. The second-order valence-corrected chi connectivity index (χ2v) is 2.11. The fourth-order valence-corrected chi connectivity index (χ4v) is 0.843. The Morgan fingerprint density at radius 2 is 2.40 bits per heavy atom. The van der Waals surface area contributed by atoms with Crippen LogP contribution in [0.1, 0.15) is 11.1 Å². The zero-order valence-corrected chi connectivity index (χ0v) is 5.85. The van der Waals surface area contributed by atoms with Gasteiger partial charge in [-0.25, -0.2) is 0 Å². The van der Waals surface area contributed by atoms with Gasteiger partial charge in [-0.1, -0.05) is 12.7 Å². The van der Waals surface area contributed by atoms with Crippen LogP contribution >= 0.6 is 0 Å². The molecule has 0 bridgehead atoms. The molecule has 1 aromatic heterocycles. The van der Waals surface area contributed by atoms with Crippen molar-refractivity contribution < 1.29 is 0 Å². The van der Waals surface area contributed by atoms with Crippen molar-refractivity contribution in [2.45, 2.75) is 6.92 Å². The predicted molar refractivity (Wildman–Crippen MR) is 41.9 cm³/mol. The van der Waals surface area contributed by atoms with Gasteiger partial charge < -0.3 is 4.98 Å². The lowest BCUT2D eigenvalue weighted by molar-refractivity contribution is 1.19. The molecule has 0 fully saturated rings. The maximum Gasteiger partial charge on any atom is 0.255 e. The molecule has 10 heavy (non-hydrogen) atoms. The van der Waals surface area contributed by atoms with Crippen molar-refractivity contribution >= 4 is 6.08 Å². The third-order valence-corrected chi connectivity index (χ3v) is 1.42. The third-order valence-electron chi connectivity index (χ3n) is 1.42. The maximum atomic E-state index is 10.9. The summed E-state index contributed by atoms with van der Waals surface area (Å²) in [6, 6.07) is 1.85.